The van der Waals surface area contributed by atoms with Gasteiger partial charge in [-0.15, -0.1) is 0 Å². The zero-order chi connectivity index (χ0) is 23.3. The van der Waals surface area contributed by atoms with Crippen molar-refractivity contribution in [3.05, 3.63) is 95.8 Å². The van der Waals surface area contributed by atoms with Gasteiger partial charge in [0, 0.05) is 30.8 Å². The van der Waals surface area contributed by atoms with E-state index in [4.69, 9.17) is 4.74 Å². The van der Waals surface area contributed by atoms with Gasteiger partial charge in [0.05, 0.1) is 18.8 Å². The third-order valence-corrected chi connectivity index (χ3v) is 5.51. The molecule has 0 aliphatic heterocycles. The molecule has 0 N–H and O–H groups in total. The lowest BCUT2D eigenvalue weighted by Crippen LogP contribution is -2.11. The Morgan fingerprint density at radius 2 is 1.88 bits per heavy atom. The highest BCUT2D eigenvalue weighted by Gasteiger charge is 2.17. The summed E-state index contributed by atoms with van der Waals surface area (Å²) in [5.41, 5.74) is 3.96. The van der Waals surface area contributed by atoms with E-state index < -0.39 is 5.82 Å². The van der Waals surface area contributed by atoms with E-state index in [1.165, 1.54) is 6.07 Å². The van der Waals surface area contributed by atoms with Gasteiger partial charge in [0.2, 0.25) is 0 Å². The maximum atomic E-state index is 14.4. The van der Waals surface area contributed by atoms with Crippen molar-refractivity contribution in [1.29, 1.82) is 0 Å². The molecule has 0 radical (unpaired) electrons. The van der Waals surface area contributed by atoms with E-state index in [1.54, 1.807) is 35.5 Å². The molecular formula is C25H24FN7O. The predicted octanol–water partition coefficient (Wildman–Crippen LogP) is 4.03. The zero-order valence-electron chi connectivity index (χ0n) is 18.8. The zero-order valence-corrected chi connectivity index (χ0v) is 18.8. The van der Waals surface area contributed by atoms with Gasteiger partial charge in [-0.3, -0.25) is 0 Å². The van der Waals surface area contributed by atoms with E-state index in [0.717, 1.165) is 35.3 Å². The first-order valence-electron chi connectivity index (χ1n) is 11.1. The highest BCUT2D eigenvalue weighted by Crippen LogP contribution is 2.22. The summed E-state index contributed by atoms with van der Waals surface area (Å²) in [5.74, 6) is 0.719. The van der Waals surface area contributed by atoms with E-state index in [0.29, 0.717) is 31.4 Å². The van der Waals surface area contributed by atoms with Crippen LogP contribution in [0.4, 0.5) is 4.39 Å². The van der Waals surface area contributed by atoms with Crippen molar-refractivity contribution in [2.75, 3.05) is 6.61 Å². The number of rotatable bonds is 9. The summed E-state index contributed by atoms with van der Waals surface area (Å²) >= 11 is 0. The Bertz CT molecular complexity index is 1400. The van der Waals surface area contributed by atoms with Crippen LogP contribution in [-0.2, 0) is 24.3 Å². The largest absolute Gasteiger partial charge is 0.377 e. The molecule has 0 aliphatic carbocycles. The molecule has 0 aliphatic rings. The van der Waals surface area contributed by atoms with Gasteiger partial charge in [0.1, 0.15) is 17.8 Å². The summed E-state index contributed by atoms with van der Waals surface area (Å²) in [6.45, 7) is 3.46. The minimum Gasteiger partial charge on any atom is -0.377 e. The van der Waals surface area contributed by atoms with Crippen LogP contribution in [0.1, 0.15) is 29.1 Å². The smallest absolute Gasteiger partial charge is 0.162 e. The molecule has 4 aromatic heterocycles. The standard InChI is InChI=1S/C25H24FN7O/c1-18-30-24-20(9-6-14-34-16-19-7-3-2-4-8-19)22(29-17-33(24)31-18)15-32-13-12-28-25(32)23-21(26)10-5-11-27-23/h2-5,7-8,10-13,17H,6,9,14-16H2,1H3. The van der Waals surface area contributed by atoms with Crippen molar-refractivity contribution in [2.45, 2.75) is 32.9 Å². The number of nitrogens with zero attached hydrogens (tertiary/aromatic N) is 7. The quantitative estimate of drug-likeness (QED) is 0.311. The lowest BCUT2D eigenvalue weighted by molar-refractivity contribution is 0.118. The maximum absolute atomic E-state index is 14.4. The molecule has 34 heavy (non-hydrogen) atoms. The van der Waals surface area contributed by atoms with Crippen molar-refractivity contribution in [3.63, 3.8) is 0 Å². The maximum Gasteiger partial charge on any atom is 0.162 e. The summed E-state index contributed by atoms with van der Waals surface area (Å²) in [6, 6.07) is 13.0. The summed E-state index contributed by atoms with van der Waals surface area (Å²) in [4.78, 5) is 17.8. The van der Waals surface area contributed by atoms with Crippen LogP contribution in [0.3, 0.4) is 0 Å². The first-order chi connectivity index (χ1) is 16.7. The minimum absolute atomic E-state index is 0.211. The second kappa shape index (κ2) is 9.88. The average Bonchev–Trinajstić information content (AvgIpc) is 3.46. The van der Waals surface area contributed by atoms with Gasteiger partial charge in [-0.2, -0.15) is 5.10 Å². The lowest BCUT2D eigenvalue weighted by Gasteiger charge is -2.12. The second-order valence-corrected chi connectivity index (χ2v) is 7.95. The molecule has 0 amide bonds. The van der Waals surface area contributed by atoms with Crippen molar-refractivity contribution >= 4 is 5.65 Å². The lowest BCUT2D eigenvalue weighted by atomic mass is 10.1. The molecule has 0 saturated heterocycles. The predicted molar refractivity (Wildman–Crippen MR) is 124 cm³/mol. The van der Waals surface area contributed by atoms with Crippen LogP contribution in [0.5, 0.6) is 0 Å². The molecule has 1 aromatic carbocycles. The molecule has 8 nitrogen and oxygen atoms in total. The molecule has 4 heterocycles. The number of hydrogen-bond acceptors (Lipinski definition) is 6. The average molecular weight is 458 g/mol. The second-order valence-electron chi connectivity index (χ2n) is 7.95. The van der Waals surface area contributed by atoms with Gasteiger partial charge in [0.25, 0.3) is 0 Å². The highest BCUT2D eigenvalue weighted by atomic mass is 19.1. The Morgan fingerprint density at radius 3 is 2.74 bits per heavy atom. The van der Waals surface area contributed by atoms with E-state index >= 15 is 0 Å². The Morgan fingerprint density at radius 1 is 1.00 bits per heavy atom. The van der Waals surface area contributed by atoms with Crippen LogP contribution in [-0.4, -0.2) is 40.7 Å². The van der Waals surface area contributed by atoms with Gasteiger partial charge in [-0.1, -0.05) is 30.3 Å². The number of ether oxygens (including phenoxy) is 1. The van der Waals surface area contributed by atoms with Crippen molar-refractivity contribution < 1.29 is 9.13 Å². The van der Waals surface area contributed by atoms with E-state index in [2.05, 4.69) is 37.2 Å². The molecule has 0 atom stereocenters. The number of benzene rings is 1. The van der Waals surface area contributed by atoms with E-state index in [9.17, 15) is 4.39 Å². The third-order valence-electron chi connectivity index (χ3n) is 5.51. The van der Waals surface area contributed by atoms with Crippen LogP contribution in [0.15, 0.2) is 67.4 Å². The minimum atomic E-state index is -0.415. The molecule has 0 saturated carbocycles. The van der Waals surface area contributed by atoms with Gasteiger partial charge >= 0.3 is 0 Å². The third kappa shape index (κ3) is 4.69. The fourth-order valence-electron chi connectivity index (χ4n) is 3.92. The topological polar surface area (TPSA) is 83.0 Å². The SMILES string of the molecule is Cc1nc2c(CCCOCc3ccccc3)c(Cn3ccnc3-c3ncccc3F)ncn2n1. The number of aromatic nitrogens is 7. The summed E-state index contributed by atoms with van der Waals surface area (Å²) in [7, 11) is 0. The van der Waals surface area contributed by atoms with Gasteiger partial charge in [-0.25, -0.2) is 28.8 Å². The summed E-state index contributed by atoms with van der Waals surface area (Å²) < 4.78 is 23.8. The Labute approximate surface area is 196 Å². The normalized spacial score (nSPS) is 11.4. The van der Waals surface area contributed by atoms with Crippen LogP contribution < -0.4 is 0 Å². The first-order valence-corrected chi connectivity index (χ1v) is 11.1. The van der Waals surface area contributed by atoms with Crippen LogP contribution in [0.25, 0.3) is 17.2 Å². The number of aryl methyl sites for hydroxylation is 2. The molecular weight excluding hydrogens is 433 g/mol. The molecule has 9 heteroatoms. The molecule has 0 unspecified atom stereocenters. The van der Waals surface area contributed by atoms with Gasteiger partial charge in [-0.05, 0) is 37.5 Å². The van der Waals surface area contributed by atoms with Gasteiger partial charge in [0.15, 0.2) is 17.3 Å². The number of imidazole rings is 1. The van der Waals surface area contributed by atoms with Gasteiger partial charge < -0.3 is 9.30 Å². The summed E-state index contributed by atoms with van der Waals surface area (Å²) in [5, 5.41) is 4.41. The number of hydrogen-bond donors (Lipinski definition) is 0. The number of fused-ring (bicyclic) bond motifs is 1. The van der Waals surface area contributed by atoms with Crippen molar-refractivity contribution in [2.24, 2.45) is 0 Å². The molecule has 172 valence electrons. The fraction of sp³-hybridized carbons (Fsp3) is 0.240. The van der Waals surface area contributed by atoms with Crippen molar-refractivity contribution in [3.8, 4) is 11.5 Å². The van der Waals surface area contributed by atoms with Crippen LogP contribution >= 0.6 is 0 Å². The molecule has 5 rings (SSSR count). The number of pyridine rings is 1. The highest BCUT2D eigenvalue weighted by molar-refractivity contribution is 5.52. The monoisotopic (exact) mass is 457 g/mol. The number of halogens is 1. The van der Waals surface area contributed by atoms with E-state index in [1.807, 2.05) is 29.7 Å². The fourth-order valence-corrected chi connectivity index (χ4v) is 3.92. The molecule has 0 fully saturated rings. The molecule has 0 spiro atoms. The summed E-state index contributed by atoms with van der Waals surface area (Å²) in [6.07, 6.45) is 8.19. The molecule has 5 aromatic rings. The van der Waals surface area contributed by atoms with E-state index in [-0.39, 0.29) is 5.69 Å². The van der Waals surface area contributed by atoms with Crippen LogP contribution in [0.2, 0.25) is 0 Å². The molecule has 0 bridgehead atoms. The van der Waals surface area contributed by atoms with Crippen molar-refractivity contribution in [1.82, 2.24) is 34.1 Å². The Kier molecular flexibility index (Phi) is 6.35. The first kappa shape index (κ1) is 21.8. The Hall–Kier alpha value is -3.98. The Balaban J connectivity index is 1.36. The van der Waals surface area contributed by atoms with Crippen LogP contribution in [0, 0.1) is 12.7 Å².